The van der Waals surface area contributed by atoms with E-state index in [2.05, 4.69) is 17.4 Å². The molecule has 0 unspecified atom stereocenters. The Kier molecular flexibility index (Phi) is 5.58. The van der Waals surface area contributed by atoms with Gasteiger partial charge in [0.1, 0.15) is 5.76 Å². The molecule has 0 bridgehead atoms. The van der Waals surface area contributed by atoms with Crippen LogP contribution in [0.15, 0.2) is 34.9 Å². The van der Waals surface area contributed by atoms with Crippen LogP contribution in [-0.4, -0.2) is 35.5 Å². The first-order valence-electron chi connectivity index (χ1n) is 10.2. The van der Waals surface area contributed by atoms with Crippen molar-refractivity contribution in [1.29, 1.82) is 0 Å². The normalized spacial score (nSPS) is 22.9. The lowest BCUT2D eigenvalue weighted by Gasteiger charge is -2.25. The molecule has 9 nitrogen and oxygen atoms in total. The number of amides is 3. The molecule has 1 aromatic carbocycles. The minimum Gasteiger partial charge on any atom is -0.452 e. The summed E-state index contributed by atoms with van der Waals surface area (Å²) >= 11 is 0. The van der Waals surface area contributed by atoms with Crippen LogP contribution < -0.4 is 10.2 Å². The average Bonchev–Trinajstić information content (AvgIpc) is 3.26. The average molecular weight is 425 g/mol. The number of anilines is 2. The molecule has 3 amide bonds. The molecule has 162 valence electrons. The first-order chi connectivity index (χ1) is 14.8. The summed E-state index contributed by atoms with van der Waals surface area (Å²) in [5.41, 5.74) is 0.645. The summed E-state index contributed by atoms with van der Waals surface area (Å²) in [4.78, 5) is 50.9. The largest absolute Gasteiger partial charge is 0.452 e. The number of hydrogen-bond acceptors (Lipinski definition) is 7. The smallest absolute Gasteiger partial charge is 0.338 e. The number of carbonyl (C=O) groups is 4. The zero-order valence-electron chi connectivity index (χ0n) is 17.3. The quantitative estimate of drug-likeness (QED) is 0.578. The Morgan fingerprint density at radius 1 is 1.16 bits per heavy atom. The van der Waals surface area contributed by atoms with Gasteiger partial charge in [0.15, 0.2) is 12.4 Å². The van der Waals surface area contributed by atoms with Crippen molar-refractivity contribution < 1.29 is 28.4 Å². The van der Waals surface area contributed by atoms with Crippen LogP contribution in [0.5, 0.6) is 0 Å². The molecule has 9 heteroatoms. The van der Waals surface area contributed by atoms with Gasteiger partial charge >= 0.3 is 5.97 Å². The molecule has 1 saturated heterocycles. The molecule has 4 rings (SSSR count). The van der Waals surface area contributed by atoms with Crippen molar-refractivity contribution in [3.05, 3.63) is 41.7 Å². The van der Waals surface area contributed by atoms with Gasteiger partial charge in [0.25, 0.3) is 5.91 Å². The third-order valence-electron chi connectivity index (χ3n) is 5.78. The van der Waals surface area contributed by atoms with Crippen LogP contribution in [0.25, 0.3) is 0 Å². The van der Waals surface area contributed by atoms with Gasteiger partial charge in [-0.15, -0.1) is 0 Å². The minimum absolute atomic E-state index is 0.169. The van der Waals surface area contributed by atoms with Crippen LogP contribution in [-0.2, 0) is 19.1 Å². The van der Waals surface area contributed by atoms with Gasteiger partial charge in [0, 0.05) is 6.07 Å². The summed E-state index contributed by atoms with van der Waals surface area (Å²) in [6.45, 7) is 3.30. The van der Waals surface area contributed by atoms with Crippen LogP contribution >= 0.6 is 0 Å². The Labute approximate surface area is 178 Å². The number of ether oxygens (including phenoxy) is 1. The number of aromatic nitrogens is 1. The molecule has 2 aromatic rings. The van der Waals surface area contributed by atoms with Gasteiger partial charge in [0.2, 0.25) is 11.8 Å². The second-order valence-corrected chi connectivity index (χ2v) is 8.14. The Bertz CT molecular complexity index is 1030. The molecule has 3 atom stereocenters. The van der Waals surface area contributed by atoms with Crippen molar-refractivity contribution in [3.8, 4) is 0 Å². The third kappa shape index (κ3) is 4.21. The number of benzene rings is 1. The molecule has 1 N–H and O–H groups in total. The minimum atomic E-state index is -0.695. The highest BCUT2D eigenvalue weighted by Gasteiger charge is 2.49. The zero-order chi connectivity index (χ0) is 22.1. The van der Waals surface area contributed by atoms with Crippen molar-refractivity contribution in [3.63, 3.8) is 0 Å². The SMILES string of the molecule is Cc1cc(NC(=O)COC(=O)c2ccc(N3C(=O)[C@H]4C[C@@H](C)CC[C@H]4C3=O)cc2)no1. The van der Waals surface area contributed by atoms with Gasteiger partial charge in [-0.3, -0.25) is 19.3 Å². The number of carbonyl (C=O) groups excluding carboxylic acids is 4. The number of hydrogen-bond donors (Lipinski definition) is 1. The first kappa shape index (κ1) is 20.8. The lowest BCUT2D eigenvalue weighted by atomic mass is 9.76. The van der Waals surface area contributed by atoms with E-state index >= 15 is 0 Å². The lowest BCUT2D eigenvalue weighted by molar-refractivity contribution is -0.122. The van der Waals surface area contributed by atoms with Gasteiger partial charge in [-0.05, 0) is 56.4 Å². The second-order valence-electron chi connectivity index (χ2n) is 8.14. The van der Waals surface area contributed by atoms with Gasteiger partial charge < -0.3 is 14.6 Å². The molecule has 1 aliphatic heterocycles. The van der Waals surface area contributed by atoms with E-state index in [4.69, 9.17) is 9.26 Å². The van der Waals surface area contributed by atoms with E-state index in [1.54, 1.807) is 19.1 Å². The Hall–Kier alpha value is -3.49. The molecule has 31 heavy (non-hydrogen) atoms. The summed E-state index contributed by atoms with van der Waals surface area (Å²) in [6.07, 6.45) is 2.40. The van der Waals surface area contributed by atoms with E-state index in [9.17, 15) is 19.2 Å². The van der Waals surface area contributed by atoms with E-state index < -0.39 is 18.5 Å². The number of rotatable bonds is 5. The topological polar surface area (TPSA) is 119 Å². The molecule has 2 aliphatic rings. The fourth-order valence-corrected chi connectivity index (χ4v) is 4.21. The van der Waals surface area contributed by atoms with Gasteiger partial charge in [-0.1, -0.05) is 12.1 Å². The number of nitrogens with one attached hydrogen (secondary N) is 1. The summed E-state index contributed by atoms with van der Waals surface area (Å²) < 4.78 is 9.85. The maximum Gasteiger partial charge on any atom is 0.338 e. The number of nitrogens with zero attached hydrogens (tertiary/aromatic N) is 2. The summed E-state index contributed by atoms with van der Waals surface area (Å²) in [7, 11) is 0. The molecule has 1 saturated carbocycles. The van der Waals surface area contributed by atoms with E-state index in [0.717, 1.165) is 19.3 Å². The maximum atomic E-state index is 12.8. The Balaban J connectivity index is 1.36. The van der Waals surface area contributed by atoms with E-state index in [1.165, 1.54) is 23.1 Å². The van der Waals surface area contributed by atoms with Crippen molar-refractivity contribution in [2.24, 2.45) is 17.8 Å². The van der Waals surface area contributed by atoms with Crippen molar-refractivity contribution in [2.75, 3.05) is 16.8 Å². The van der Waals surface area contributed by atoms with Crippen molar-refractivity contribution in [1.82, 2.24) is 5.16 Å². The summed E-state index contributed by atoms with van der Waals surface area (Å²) in [5, 5.41) is 6.07. The molecule has 0 spiro atoms. The summed E-state index contributed by atoms with van der Waals surface area (Å²) in [5.74, 6) is -0.889. The Morgan fingerprint density at radius 2 is 1.87 bits per heavy atom. The van der Waals surface area contributed by atoms with Gasteiger partial charge in [-0.25, -0.2) is 4.79 Å². The molecular weight excluding hydrogens is 402 g/mol. The standard InChI is InChI=1S/C22H23N3O6/c1-12-3-8-16-17(9-12)21(28)25(20(16)27)15-6-4-14(5-7-15)22(29)30-11-19(26)23-18-10-13(2)31-24-18/h4-7,10,12,16-17H,3,8-9,11H2,1-2H3,(H,23,24,26)/t12-,16+,17-/m0/s1. The fourth-order valence-electron chi connectivity index (χ4n) is 4.21. The molecule has 1 aliphatic carbocycles. The predicted octanol–water partition coefficient (Wildman–Crippen LogP) is 2.70. The van der Waals surface area contributed by atoms with E-state index in [1.807, 2.05) is 0 Å². The van der Waals surface area contributed by atoms with Crippen molar-refractivity contribution >= 4 is 35.2 Å². The van der Waals surface area contributed by atoms with Crippen LogP contribution in [0.3, 0.4) is 0 Å². The van der Waals surface area contributed by atoms with Crippen LogP contribution in [0.1, 0.15) is 42.3 Å². The van der Waals surface area contributed by atoms with Gasteiger partial charge in [-0.2, -0.15) is 0 Å². The second kappa shape index (κ2) is 8.33. The molecule has 1 aromatic heterocycles. The molecular formula is C22H23N3O6. The fraction of sp³-hybridized carbons (Fsp3) is 0.409. The Morgan fingerprint density at radius 3 is 2.55 bits per heavy atom. The van der Waals surface area contributed by atoms with E-state index in [0.29, 0.717) is 17.4 Å². The highest BCUT2D eigenvalue weighted by Crippen LogP contribution is 2.42. The van der Waals surface area contributed by atoms with Crippen LogP contribution in [0, 0.1) is 24.7 Å². The predicted molar refractivity (Wildman–Crippen MR) is 109 cm³/mol. The number of imide groups is 1. The van der Waals surface area contributed by atoms with Gasteiger partial charge in [0.05, 0.1) is 23.1 Å². The lowest BCUT2D eigenvalue weighted by Crippen LogP contribution is -2.30. The summed E-state index contributed by atoms with van der Waals surface area (Å²) in [6, 6.07) is 7.58. The molecule has 2 fully saturated rings. The van der Waals surface area contributed by atoms with Crippen molar-refractivity contribution in [2.45, 2.75) is 33.1 Å². The number of esters is 1. The first-order valence-corrected chi connectivity index (χ1v) is 10.2. The molecule has 2 heterocycles. The molecule has 0 radical (unpaired) electrons. The third-order valence-corrected chi connectivity index (χ3v) is 5.78. The maximum absolute atomic E-state index is 12.8. The number of fused-ring (bicyclic) bond motifs is 1. The van der Waals surface area contributed by atoms with Crippen LogP contribution in [0.2, 0.25) is 0 Å². The monoisotopic (exact) mass is 425 g/mol. The number of aryl methyl sites for hydroxylation is 1. The van der Waals surface area contributed by atoms with E-state index in [-0.39, 0.29) is 35.0 Å². The highest BCUT2D eigenvalue weighted by atomic mass is 16.5. The zero-order valence-corrected chi connectivity index (χ0v) is 17.3. The highest BCUT2D eigenvalue weighted by molar-refractivity contribution is 6.22. The van der Waals surface area contributed by atoms with Crippen LogP contribution in [0.4, 0.5) is 11.5 Å².